The van der Waals surface area contributed by atoms with Gasteiger partial charge in [0.1, 0.15) is 11.7 Å². The van der Waals surface area contributed by atoms with Crippen molar-refractivity contribution in [3.63, 3.8) is 0 Å². The molecular formula is C26H32N6O3SSi. The zero-order valence-electron chi connectivity index (χ0n) is 21.2. The average molecular weight is 537 g/mol. The highest BCUT2D eigenvalue weighted by molar-refractivity contribution is 7.10. The van der Waals surface area contributed by atoms with Crippen LogP contribution >= 0.6 is 11.3 Å². The van der Waals surface area contributed by atoms with Gasteiger partial charge >= 0.3 is 0 Å². The summed E-state index contributed by atoms with van der Waals surface area (Å²) in [5, 5.41) is 15.5. The van der Waals surface area contributed by atoms with Gasteiger partial charge in [0.05, 0.1) is 12.6 Å². The van der Waals surface area contributed by atoms with Gasteiger partial charge in [-0.25, -0.2) is 4.68 Å². The van der Waals surface area contributed by atoms with E-state index >= 15 is 0 Å². The Morgan fingerprint density at radius 2 is 1.95 bits per heavy atom. The number of aromatic nitrogens is 3. The van der Waals surface area contributed by atoms with Gasteiger partial charge in [-0.2, -0.15) is 0 Å². The summed E-state index contributed by atoms with van der Waals surface area (Å²) < 4.78 is 1.50. The Labute approximate surface area is 221 Å². The molecule has 2 aromatic heterocycles. The number of hydrogen-bond donors (Lipinski definition) is 2. The van der Waals surface area contributed by atoms with Crippen molar-refractivity contribution in [2.45, 2.75) is 57.0 Å². The van der Waals surface area contributed by atoms with E-state index in [0.29, 0.717) is 12.1 Å². The number of imide groups is 1. The Bertz CT molecular complexity index is 1290. The first-order chi connectivity index (χ1) is 17.7. The number of nitrogens with one attached hydrogen (secondary N) is 2. The normalized spacial score (nSPS) is 20.0. The summed E-state index contributed by atoms with van der Waals surface area (Å²) >= 11 is 1.49. The van der Waals surface area contributed by atoms with Gasteiger partial charge in [0.15, 0.2) is 0 Å². The molecule has 1 atom stereocenters. The van der Waals surface area contributed by atoms with E-state index in [-0.39, 0.29) is 30.6 Å². The standard InChI is InChI=1S/C26H32N6O3SSi/c1-37(2)11-9-31(10-12-37)15-18-3-5-20(6-4-18)27-25(34)14-21-13-19(17-36-21)22-16-32(30-29-22)23-7-8-24(33)28-26(23)35/h3-6,13,16-17,23H,7-12,14-15H2,1-2H3,(H,27,34)(H,28,33,35). The minimum atomic E-state index is -0.959. The third-order valence-electron chi connectivity index (χ3n) is 7.18. The fourth-order valence-electron chi connectivity index (χ4n) is 4.74. The summed E-state index contributed by atoms with van der Waals surface area (Å²) in [6, 6.07) is 12.3. The van der Waals surface area contributed by atoms with Gasteiger partial charge in [-0.15, -0.1) is 16.4 Å². The van der Waals surface area contributed by atoms with Crippen molar-refractivity contribution in [3.8, 4) is 11.3 Å². The van der Waals surface area contributed by atoms with Gasteiger partial charge in [0.2, 0.25) is 11.8 Å². The fourth-order valence-corrected chi connectivity index (χ4v) is 7.70. The summed E-state index contributed by atoms with van der Waals surface area (Å²) in [5.41, 5.74) is 3.54. The molecule has 2 aliphatic rings. The molecule has 2 fully saturated rings. The van der Waals surface area contributed by atoms with Crippen molar-refractivity contribution < 1.29 is 14.4 Å². The summed E-state index contributed by atoms with van der Waals surface area (Å²) in [4.78, 5) is 39.6. The molecule has 11 heteroatoms. The smallest absolute Gasteiger partial charge is 0.251 e. The van der Waals surface area contributed by atoms with Crippen molar-refractivity contribution in [3.05, 3.63) is 52.3 Å². The van der Waals surface area contributed by atoms with Crippen LogP contribution in [0.5, 0.6) is 0 Å². The number of thiophene rings is 1. The van der Waals surface area contributed by atoms with Gasteiger partial charge in [-0.05, 0) is 55.4 Å². The largest absolute Gasteiger partial charge is 0.326 e. The minimum absolute atomic E-state index is 0.0726. The molecular weight excluding hydrogens is 504 g/mol. The molecule has 194 valence electrons. The van der Waals surface area contributed by atoms with E-state index in [0.717, 1.165) is 22.7 Å². The van der Waals surface area contributed by atoms with Crippen LogP contribution in [0.1, 0.15) is 29.3 Å². The van der Waals surface area contributed by atoms with Crippen LogP contribution in [0.15, 0.2) is 41.9 Å². The van der Waals surface area contributed by atoms with Crippen LogP contribution in [0.2, 0.25) is 25.2 Å². The second-order valence-corrected chi connectivity index (χ2v) is 17.0. The molecule has 0 radical (unpaired) electrons. The zero-order valence-corrected chi connectivity index (χ0v) is 23.0. The Morgan fingerprint density at radius 1 is 1.19 bits per heavy atom. The van der Waals surface area contributed by atoms with Crippen LogP contribution in [0.4, 0.5) is 5.69 Å². The Morgan fingerprint density at radius 3 is 2.68 bits per heavy atom. The van der Waals surface area contributed by atoms with Gasteiger partial charge in [0.25, 0.3) is 5.91 Å². The molecule has 9 nitrogen and oxygen atoms in total. The number of hydrogen-bond acceptors (Lipinski definition) is 7. The predicted octanol–water partition coefficient (Wildman–Crippen LogP) is 3.69. The second kappa shape index (κ2) is 10.7. The van der Waals surface area contributed by atoms with Gasteiger partial charge in [-0.3, -0.25) is 24.6 Å². The average Bonchev–Trinajstić information content (AvgIpc) is 3.51. The first-order valence-corrected chi connectivity index (χ1v) is 17.0. The minimum Gasteiger partial charge on any atom is -0.326 e. The quantitative estimate of drug-likeness (QED) is 0.352. The van der Waals surface area contributed by atoms with Gasteiger partial charge in [-0.1, -0.05) is 30.4 Å². The molecule has 0 saturated carbocycles. The number of carbonyl (C=O) groups is 3. The molecule has 5 rings (SSSR count). The van der Waals surface area contributed by atoms with Crippen molar-refractivity contribution in [2.24, 2.45) is 0 Å². The Hall–Kier alpha value is -3.15. The monoisotopic (exact) mass is 536 g/mol. The maximum absolute atomic E-state index is 12.7. The molecule has 3 aromatic rings. The van der Waals surface area contributed by atoms with E-state index in [1.165, 1.54) is 46.8 Å². The topological polar surface area (TPSA) is 109 Å². The molecule has 37 heavy (non-hydrogen) atoms. The molecule has 1 aromatic carbocycles. The lowest BCUT2D eigenvalue weighted by Gasteiger charge is -2.35. The first kappa shape index (κ1) is 25.5. The van der Waals surface area contributed by atoms with Crippen LogP contribution in [-0.2, 0) is 27.3 Å². The number of benzene rings is 1. The zero-order chi connectivity index (χ0) is 26.0. The molecule has 2 N–H and O–H groups in total. The third-order valence-corrected chi connectivity index (χ3v) is 11.3. The highest BCUT2D eigenvalue weighted by Crippen LogP contribution is 2.27. The SMILES string of the molecule is C[Si]1(C)CCN(Cc2ccc(NC(=O)Cc3cc(-c4cn(C5CCC(=O)NC5=O)nn4)cs3)cc2)CC1. The van der Waals surface area contributed by atoms with E-state index < -0.39 is 14.1 Å². The fraction of sp³-hybridized carbons (Fsp3) is 0.423. The summed E-state index contributed by atoms with van der Waals surface area (Å²) in [7, 11) is -0.959. The Balaban J connectivity index is 1.13. The van der Waals surface area contributed by atoms with Crippen LogP contribution in [-0.4, -0.2) is 58.8 Å². The lowest BCUT2D eigenvalue weighted by molar-refractivity contribution is -0.136. The van der Waals surface area contributed by atoms with E-state index in [1.54, 1.807) is 6.20 Å². The van der Waals surface area contributed by atoms with Crippen LogP contribution in [0, 0.1) is 0 Å². The maximum atomic E-state index is 12.7. The second-order valence-electron chi connectivity index (χ2n) is 10.7. The van der Waals surface area contributed by atoms with Crippen molar-refractivity contribution in [1.82, 2.24) is 25.2 Å². The van der Waals surface area contributed by atoms with E-state index in [1.807, 2.05) is 23.6 Å². The molecule has 2 aliphatic heterocycles. The molecule has 0 spiro atoms. The number of amides is 3. The summed E-state index contributed by atoms with van der Waals surface area (Å²) in [6.07, 6.45) is 2.66. The summed E-state index contributed by atoms with van der Waals surface area (Å²) in [5.74, 6) is -0.696. The highest BCUT2D eigenvalue weighted by Gasteiger charge is 2.29. The van der Waals surface area contributed by atoms with E-state index in [4.69, 9.17) is 0 Å². The maximum Gasteiger partial charge on any atom is 0.251 e. The number of piperidine rings is 1. The summed E-state index contributed by atoms with van der Waals surface area (Å²) in [6.45, 7) is 8.30. The van der Waals surface area contributed by atoms with Gasteiger partial charge < -0.3 is 5.32 Å². The highest BCUT2D eigenvalue weighted by atomic mass is 32.1. The third kappa shape index (κ3) is 6.41. The van der Waals surface area contributed by atoms with E-state index in [9.17, 15) is 14.4 Å². The number of rotatable bonds is 7. The molecule has 3 amide bonds. The van der Waals surface area contributed by atoms with Crippen LogP contribution in [0.25, 0.3) is 11.3 Å². The van der Waals surface area contributed by atoms with Gasteiger partial charge in [0, 0.05) is 42.5 Å². The van der Waals surface area contributed by atoms with Crippen molar-refractivity contribution in [2.75, 3.05) is 18.4 Å². The molecule has 0 bridgehead atoms. The predicted molar refractivity (Wildman–Crippen MR) is 146 cm³/mol. The number of nitrogens with zero attached hydrogens (tertiary/aromatic N) is 4. The molecule has 0 aliphatic carbocycles. The molecule has 1 unspecified atom stereocenters. The number of anilines is 1. The molecule has 2 saturated heterocycles. The Kier molecular flexibility index (Phi) is 7.36. The van der Waals surface area contributed by atoms with Crippen LogP contribution in [0.3, 0.4) is 0 Å². The lowest BCUT2D eigenvalue weighted by atomic mass is 10.1. The van der Waals surface area contributed by atoms with Crippen molar-refractivity contribution in [1.29, 1.82) is 0 Å². The lowest BCUT2D eigenvalue weighted by Crippen LogP contribution is -2.42. The van der Waals surface area contributed by atoms with E-state index in [2.05, 4.69) is 51.1 Å². The van der Waals surface area contributed by atoms with Crippen LogP contribution < -0.4 is 10.6 Å². The van der Waals surface area contributed by atoms with Crippen molar-refractivity contribution >= 4 is 42.8 Å². The number of carbonyl (C=O) groups excluding carboxylic acids is 3. The molecule has 4 heterocycles. The first-order valence-electron chi connectivity index (χ1n) is 12.7.